The lowest BCUT2D eigenvalue weighted by Gasteiger charge is -2.26. The molecule has 4 nitrogen and oxygen atoms in total. The van der Waals surface area contributed by atoms with Gasteiger partial charge in [-0.15, -0.1) is 0 Å². The van der Waals surface area contributed by atoms with Crippen molar-refractivity contribution in [3.63, 3.8) is 0 Å². The van der Waals surface area contributed by atoms with Crippen LogP contribution < -0.4 is 10.6 Å². The number of halogens is 1. The predicted molar refractivity (Wildman–Crippen MR) is 86.0 cm³/mol. The molecule has 0 spiro atoms. The first kappa shape index (κ1) is 16.6. The number of benzene rings is 1. The summed E-state index contributed by atoms with van der Waals surface area (Å²) in [6.45, 7) is 6.36. The molecule has 0 saturated heterocycles. The zero-order valence-corrected chi connectivity index (χ0v) is 13.0. The van der Waals surface area contributed by atoms with Gasteiger partial charge >= 0.3 is 0 Å². The van der Waals surface area contributed by atoms with Crippen molar-refractivity contribution in [1.82, 2.24) is 0 Å². The molecule has 1 aromatic rings. The second-order valence-corrected chi connectivity index (χ2v) is 5.25. The van der Waals surface area contributed by atoms with Crippen LogP contribution in [0.1, 0.15) is 45.1 Å². The molecule has 0 saturated carbocycles. The van der Waals surface area contributed by atoms with Crippen molar-refractivity contribution in [2.75, 3.05) is 18.0 Å². The van der Waals surface area contributed by atoms with E-state index in [1.54, 1.807) is 6.07 Å². The lowest BCUT2D eigenvalue weighted by Crippen LogP contribution is -2.26. The standard InChI is InChI=1S/C15H24ClN3O/c1-3-5-9-19(10-6-4-2)14-8-7-12(11-13(14)16)15(17)18-20/h7-8,11,20H,3-6,9-10H2,1-2H3,(H2,17,18). The Balaban J connectivity index is 2.95. The Bertz CT molecular complexity index is 441. The maximum atomic E-state index is 8.70. The van der Waals surface area contributed by atoms with Crippen LogP contribution in [0.25, 0.3) is 0 Å². The molecule has 0 aliphatic heterocycles. The zero-order chi connectivity index (χ0) is 15.0. The van der Waals surface area contributed by atoms with Gasteiger partial charge in [-0.25, -0.2) is 0 Å². The SMILES string of the molecule is CCCCN(CCCC)c1ccc(C(N)=NO)cc1Cl. The molecule has 20 heavy (non-hydrogen) atoms. The maximum absolute atomic E-state index is 8.70. The predicted octanol–water partition coefficient (Wildman–Crippen LogP) is 3.84. The number of nitrogens with zero attached hydrogens (tertiary/aromatic N) is 2. The highest BCUT2D eigenvalue weighted by atomic mass is 35.5. The van der Waals surface area contributed by atoms with Crippen molar-refractivity contribution >= 4 is 23.1 Å². The third kappa shape index (κ3) is 4.60. The van der Waals surface area contributed by atoms with Gasteiger partial charge in [0.1, 0.15) is 0 Å². The van der Waals surface area contributed by atoms with Gasteiger partial charge in [0, 0.05) is 18.7 Å². The molecule has 0 bridgehead atoms. The molecule has 0 aliphatic carbocycles. The fourth-order valence-electron chi connectivity index (χ4n) is 2.03. The van der Waals surface area contributed by atoms with E-state index in [-0.39, 0.29) is 5.84 Å². The van der Waals surface area contributed by atoms with Crippen LogP contribution in [-0.2, 0) is 0 Å². The fraction of sp³-hybridized carbons (Fsp3) is 0.533. The van der Waals surface area contributed by atoms with Crippen molar-refractivity contribution < 1.29 is 5.21 Å². The molecule has 0 atom stereocenters. The molecule has 1 rings (SSSR count). The first-order valence-electron chi connectivity index (χ1n) is 7.16. The quantitative estimate of drug-likeness (QED) is 0.332. The van der Waals surface area contributed by atoms with Gasteiger partial charge in [-0.2, -0.15) is 0 Å². The molecule has 0 aliphatic rings. The van der Waals surface area contributed by atoms with Gasteiger partial charge in [0.2, 0.25) is 0 Å². The van der Waals surface area contributed by atoms with Crippen molar-refractivity contribution in [2.45, 2.75) is 39.5 Å². The van der Waals surface area contributed by atoms with Crippen LogP contribution in [0.4, 0.5) is 5.69 Å². The highest BCUT2D eigenvalue weighted by Crippen LogP contribution is 2.27. The van der Waals surface area contributed by atoms with Gasteiger partial charge in [-0.1, -0.05) is 43.4 Å². The average molecular weight is 298 g/mol. The second-order valence-electron chi connectivity index (χ2n) is 4.85. The molecule has 0 fully saturated rings. The Morgan fingerprint density at radius 1 is 1.25 bits per heavy atom. The largest absolute Gasteiger partial charge is 0.409 e. The summed E-state index contributed by atoms with van der Waals surface area (Å²) in [5.41, 5.74) is 7.23. The Morgan fingerprint density at radius 3 is 2.30 bits per heavy atom. The number of hydrogen-bond donors (Lipinski definition) is 2. The van der Waals surface area contributed by atoms with Crippen molar-refractivity contribution in [1.29, 1.82) is 0 Å². The number of anilines is 1. The summed E-state index contributed by atoms with van der Waals surface area (Å²) in [5, 5.41) is 12.3. The van der Waals surface area contributed by atoms with Gasteiger partial charge in [0.15, 0.2) is 5.84 Å². The molecule has 5 heteroatoms. The van der Waals surface area contributed by atoms with Gasteiger partial charge in [-0.05, 0) is 31.0 Å². The van der Waals surface area contributed by atoms with Crippen molar-refractivity contribution in [2.24, 2.45) is 10.9 Å². The summed E-state index contributed by atoms with van der Waals surface area (Å²) in [5.74, 6) is 0.0760. The molecule has 0 radical (unpaired) electrons. The van der Waals surface area contributed by atoms with Crippen LogP contribution in [0.15, 0.2) is 23.4 Å². The Hall–Kier alpha value is -1.42. The summed E-state index contributed by atoms with van der Waals surface area (Å²) in [6, 6.07) is 5.53. The molecule has 0 heterocycles. The first-order valence-corrected chi connectivity index (χ1v) is 7.54. The lowest BCUT2D eigenvalue weighted by atomic mass is 10.1. The van der Waals surface area contributed by atoms with Gasteiger partial charge in [0.25, 0.3) is 0 Å². The molecule has 0 aromatic heterocycles. The number of rotatable bonds is 8. The Morgan fingerprint density at radius 2 is 1.85 bits per heavy atom. The summed E-state index contributed by atoms with van der Waals surface area (Å²) in [6.07, 6.45) is 4.59. The molecule has 0 unspecified atom stereocenters. The minimum Gasteiger partial charge on any atom is -0.409 e. The van der Waals surface area contributed by atoms with Crippen molar-refractivity contribution in [3.05, 3.63) is 28.8 Å². The van der Waals surface area contributed by atoms with E-state index in [0.29, 0.717) is 10.6 Å². The topological polar surface area (TPSA) is 61.8 Å². The number of hydrogen-bond acceptors (Lipinski definition) is 3. The Labute approximate surface area is 126 Å². The summed E-state index contributed by atoms with van der Waals surface area (Å²) >= 11 is 6.35. The van der Waals surface area contributed by atoms with E-state index in [0.717, 1.165) is 44.5 Å². The van der Waals surface area contributed by atoms with E-state index in [9.17, 15) is 0 Å². The van der Waals surface area contributed by atoms with E-state index in [1.807, 2.05) is 12.1 Å². The highest BCUT2D eigenvalue weighted by molar-refractivity contribution is 6.33. The van der Waals surface area contributed by atoms with Crippen LogP contribution in [-0.4, -0.2) is 24.1 Å². The summed E-state index contributed by atoms with van der Waals surface area (Å²) < 4.78 is 0. The van der Waals surface area contributed by atoms with Gasteiger partial charge < -0.3 is 15.8 Å². The molecule has 112 valence electrons. The highest BCUT2D eigenvalue weighted by Gasteiger charge is 2.11. The molecule has 0 amide bonds. The fourth-order valence-corrected chi connectivity index (χ4v) is 2.33. The zero-order valence-electron chi connectivity index (χ0n) is 12.3. The molecule has 3 N–H and O–H groups in total. The number of oxime groups is 1. The third-order valence-electron chi connectivity index (χ3n) is 3.26. The van der Waals surface area contributed by atoms with E-state index in [4.69, 9.17) is 22.5 Å². The molecule has 1 aromatic carbocycles. The lowest BCUT2D eigenvalue weighted by molar-refractivity contribution is 0.318. The summed E-state index contributed by atoms with van der Waals surface area (Å²) in [4.78, 5) is 2.31. The van der Waals surface area contributed by atoms with Gasteiger partial charge in [0.05, 0.1) is 10.7 Å². The van der Waals surface area contributed by atoms with E-state index in [1.165, 1.54) is 0 Å². The van der Waals surface area contributed by atoms with Crippen LogP contribution >= 0.6 is 11.6 Å². The maximum Gasteiger partial charge on any atom is 0.170 e. The monoisotopic (exact) mass is 297 g/mol. The number of unbranched alkanes of at least 4 members (excludes halogenated alkanes) is 2. The van der Waals surface area contributed by atoms with Crippen LogP contribution in [0.3, 0.4) is 0 Å². The van der Waals surface area contributed by atoms with Crippen LogP contribution in [0, 0.1) is 0 Å². The smallest absolute Gasteiger partial charge is 0.170 e. The minimum absolute atomic E-state index is 0.0760. The molecular weight excluding hydrogens is 274 g/mol. The molecular formula is C15H24ClN3O. The van der Waals surface area contributed by atoms with Crippen LogP contribution in [0.5, 0.6) is 0 Å². The van der Waals surface area contributed by atoms with Gasteiger partial charge in [-0.3, -0.25) is 0 Å². The average Bonchev–Trinajstić information content (AvgIpc) is 2.47. The van der Waals surface area contributed by atoms with E-state index < -0.39 is 0 Å². The minimum atomic E-state index is 0.0760. The normalized spacial score (nSPS) is 11.7. The Kier molecular flexibility index (Phi) is 7.23. The first-order chi connectivity index (χ1) is 9.63. The number of nitrogens with two attached hydrogens (primary N) is 1. The third-order valence-corrected chi connectivity index (χ3v) is 3.56. The summed E-state index contributed by atoms with van der Waals surface area (Å²) in [7, 11) is 0. The second kappa shape index (κ2) is 8.69. The number of amidine groups is 1. The van der Waals surface area contributed by atoms with Crippen molar-refractivity contribution in [3.8, 4) is 0 Å². The van der Waals surface area contributed by atoms with E-state index >= 15 is 0 Å². The van der Waals surface area contributed by atoms with E-state index in [2.05, 4.69) is 23.9 Å². The van der Waals surface area contributed by atoms with Crippen LogP contribution in [0.2, 0.25) is 5.02 Å².